The van der Waals surface area contributed by atoms with E-state index in [2.05, 4.69) is 20.7 Å². The molecule has 1 unspecified atom stereocenters. The standard InChI is InChI=1S/C43H55N7O9S2/c1-25(2)44-41-46-35(24-60-41)34-21-37(31-18-15-28(57-3)19-33(31)45-34)58-29-20-36-38(51)48-43(40(53)49-61(55,56)30-16-17-30)22-26(43)11-7-5-4-6-8-14-32(39(52)50(36)23-29)47-42(54)59-27-12-9-10-13-27/h7,11,15,18-19,21,24-27,29-30,32,36H,4-6,8-10,12-14,16-17,20,22-23H2,1-3H3,(H,44,46)(H,47,54)(H,48,51)(H,49,53)/t26?,29-,32+,36+,43-/m1/s1. The minimum absolute atomic E-state index is 0.0141. The number of hydrogen-bond acceptors (Lipinski definition) is 13. The van der Waals surface area contributed by atoms with Crippen LogP contribution in [0.25, 0.3) is 22.3 Å². The minimum Gasteiger partial charge on any atom is -0.497 e. The molecule has 4 N–H and O–H groups in total. The second kappa shape index (κ2) is 17.8. The zero-order valence-electron chi connectivity index (χ0n) is 34.8. The molecule has 5 aliphatic rings. The van der Waals surface area contributed by atoms with Crippen LogP contribution in [0.2, 0.25) is 0 Å². The quantitative estimate of drug-likeness (QED) is 0.174. The van der Waals surface area contributed by atoms with E-state index in [9.17, 15) is 27.6 Å². The van der Waals surface area contributed by atoms with Crippen LogP contribution in [0.15, 0.2) is 41.8 Å². The summed E-state index contributed by atoms with van der Waals surface area (Å²) < 4.78 is 46.2. The highest BCUT2D eigenvalue weighted by Crippen LogP contribution is 2.46. The molecule has 0 spiro atoms. The number of nitrogens with zero attached hydrogens (tertiary/aromatic N) is 3. The first-order valence-electron chi connectivity index (χ1n) is 21.5. The molecule has 18 heteroatoms. The van der Waals surface area contributed by atoms with Crippen LogP contribution in [-0.2, 0) is 29.1 Å². The summed E-state index contributed by atoms with van der Waals surface area (Å²) in [6, 6.07) is 5.31. The van der Waals surface area contributed by atoms with Crippen molar-refractivity contribution < 1.29 is 41.8 Å². The Kier molecular flexibility index (Phi) is 12.5. The fourth-order valence-electron chi connectivity index (χ4n) is 8.60. The van der Waals surface area contributed by atoms with Crippen molar-refractivity contribution in [2.24, 2.45) is 5.92 Å². The van der Waals surface area contributed by atoms with Crippen LogP contribution in [-0.4, -0.2) is 102 Å². The van der Waals surface area contributed by atoms with Crippen LogP contribution in [0.4, 0.5) is 9.93 Å². The predicted octanol–water partition coefficient (Wildman–Crippen LogP) is 5.58. The van der Waals surface area contributed by atoms with E-state index in [1.54, 1.807) is 25.3 Å². The van der Waals surface area contributed by atoms with Gasteiger partial charge in [0.25, 0.3) is 5.91 Å². The first kappa shape index (κ1) is 42.7. The van der Waals surface area contributed by atoms with E-state index in [-0.39, 0.29) is 31.5 Å². The number of allylic oxidation sites excluding steroid dienone is 1. The lowest BCUT2D eigenvalue weighted by Crippen LogP contribution is -2.58. The lowest BCUT2D eigenvalue weighted by Gasteiger charge is -2.30. The molecule has 3 saturated carbocycles. The van der Waals surface area contributed by atoms with Crippen molar-refractivity contribution in [1.29, 1.82) is 0 Å². The number of amides is 4. The third-order valence-corrected chi connectivity index (χ3v) is 14.8. The molecular weight excluding hydrogens is 823 g/mol. The maximum Gasteiger partial charge on any atom is 0.408 e. The van der Waals surface area contributed by atoms with Gasteiger partial charge >= 0.3 is 6.09 Å². The summed E-state index contributed by atoms with van der Waals surface area (Å²) in [4.78, 5) is 67.6. The Labute approximate surface area is 360 Å². The van der Waals surface area contributed by atoms with Crippen molar-refractivity contribution >= 4 is 61.2 Å². The number of alkyl carbamates (subject to hydrolysis) is 1. The Hall–Kier alpha value is -4.97. The molecule has 3 aliphatic carbocycles. The molecule has 4 fully saturated rings. The molecule has 8 rings (SSSR count). The van der Waals surface area contributed by atoms with Crippen LogP contribution >= 0.6 is 11.3 Å². The van der Waals surface area contributed by atoms with Crippen molar-refractivity contribution in [3.63, 3.8) is 0 Å². The van der Waals surface area contributed by atoms with E-state index < -0.39 is 68.7 Å². The number of methoxy groups -OCH3 is 1. The molecule has 1 aromatic carbocycles. The Morgan fingerprint density at radius 3 is 2.52 bits per heavy atom. The van der Waals surface area contributed by atoms with Crippen molar-refractivity contribution in [1.82, 2.24) is 30.2 Å². The number of carbonyl (C=O) groups is 4. The highest BCUT2D eigenvalue weighted by Gasteiger charge is 2.62. The Balaban J connectivity index is 1.11. The summed E-state index contributed by atoms with van der Waals surface area (Å²) in [5, 5.41) is 11.8. The highest BCUT2D eigenvalue weighted by atomic mass is 32.2. The second-order valence-corrected chi connectivity index (χ2v) is 20.0. The number of sulfonamides is 1. The number of ether oxygens (including phenoxy) is 3. The monoisotopic (exact) mass is 877 g/mol. The third kappa shape index (κ3) is 9.74. The average molecular weight is 878 g/mol. The van der Waals surface area contributed by atoms with Gasteiger partial charge in [-0.15, -0.1) is 11.3 Å². The molecule has 3 aromatic rings. The number of nitrogens with one attached hydrogen (secondary N) is 4. The number of benzene rings is 1. The minimum atomic E-state index is -3.91. The molecule has 61 heavy (non-hydrogen) atoms. The van der Waals surface area contributed by atoms with E-state index in [1.807, 2.05) is 37.4 Å². The molecule has 0 radical (unpaired) electrons. The normalized spacial score (nSPS) is 26.1. The third-order valence-electron chi connectivity index (χ3n) is 12.2. The van der Waals surface area contributed by atoms with Crippen LogP contribution in [0.5, 0.6) is 11.5 Å². The van der Waals surface area contributed by atoms with Gasteiger partial charge in [0.15, 0.2) is 5.13 Å². The fraction of sp³-hybridized carbons (Fsp3) is 0.581. The SMILES string of the molecule is COc1ccc2c(O[C@@H]3C[C@H]4C(=O)N[C@]5(C(=O)NS(=O)(=O)C6CC6)CC5C=CCCCCC[C@H](NC(=O)OC5CCCC5)C(=O)N4C3)cc(-c3csc(NC(C)C)n3)nc2c1. The van der Waals surface area contributed by atoms with Gasteiger partial charge in [-0.1, -0.05) is 25.0 Å². The van der Waals surface area contributed by atoms with Gasteiger partial charge in [0.1, 0.15) is 47.0 Å². The lowest BCUT2D eigenvalue weighted by atomic mass is 10.0. The lowest BCUT2D eigenvalue weighted by molar-refractivity contribution is -0.141. The Morgan fingerprint density at radius 2 is 1.77 bits per heavy atom. The molecule has 328 valence electrons. The Bertz CT molecular complexity index is 2290. The van der Waals surface area contributed by atoms with Gasteiger partial charge in [-0.05, 0) is 90.2 Å². The molecule has 2 aromatic heterocycles. The van der Waals surface area contributed by atoms with Crippen molar-refractivity contribution in [2.75, 3.05) is 19.0 Å². The summed E-state index contributed by atoms with van der Waals surface area (Å²) in [5.74, 6) is -1.26. The number of hydrogen-bond donors (Lipinski definition) is 4. The fourth-order valence-corrected chi connectivity index (χ4v) is 10.8. The number of pyridine rings is 1. The maximum atomic E-state index is 14.8. The van der Waals surface area contributed by atoms with Crippen LogP contribution in [0, 0.1) is 5.92 Å². The van der Waals surface area contributed by atoms with E-state index in [0.717, 1.165) is 43.7 Å². The van der Waals surface area contributed by atoms with Gasteiger partial charge in [0.2, 0.25) is 21.8 Å². The number of fused-ring (bicyclic) bond motifs is 3. The van der Waals surface area contributed by atoms with E-state index in [4.69, 9.17) is 24.2 Å². The van der Waals surface area contributed by atoms with Gasteiger partial charge in [-0.2, -0.15) is 0 Å². The van der Waals surface area contributed by atoms with Crippen molar-refractivity contribution in [3.8, 4) is 22.9 Å². The first-order chi connectivity index (χ1) is 29.3. The summed E-state index contributed by atoms with van der Waals surface area (Å²) >= 11 is 1.46. The number of aromatic nitrogens is 2. The molecular formula is C43H55N7O9S2. The first-order valence-corrected chi connectivity index (χ1v) is 23.9. The number of carbonyl (C=O) groups excluding carboxylic acids is 4. The molecule has 5 atom stereocenters. The number of thiazole rings is 1. The summed E-state index contributed by atoms with van der Waals surface area (Å²) in [7, 11) is -2.34. The van der Waals surface area contributed by atoms with E-state index in [1.165, 1.54) is 16.2 Å². The van der Waals surface area contributed by atoms with Gasteiger partial charge in [-0.25, -0.2) is 23.2 Å². The van der Waals surface area contributed by atoms with E-state index >= 15 is 0 Å². The summed E-state index contributed by atoms with van der Waals surface area (Å²) in [6.45, 7) is 4.05. The molecule has 4 amide bonds. The molecule has 1 saturated heterocycles. The van der Waals surface area contributed by atoms with Gasteiger partial charge in [0, 0.05) is 41.3 Å². The molecule has 2 aliphatic heterocycles. The van der Waals surface area contributed by atoms with Gasteiger partial charge in [-0.3, -0.25) is 19.1 Å². The zero-order chi connectivity index (χ0) is 42.9. The average Bonchev–Trinajstić information content (AvgIpc) is 4.00. The molecule has 0 bridgehead atoms. The second-order valence-electron chi connectivity index (χ2n) is 17.2. The van der Waals surface area contributed by atoms with Crippen LogP contribution in [0.3, 0.4) is 0 Å². The number of rotatable bonds is 11. The van der Waals surface area contributed by atoms with Crippen LogP contribution < -0.4 is 30.1 Å². The van der Waals surface area contributed by atoms with Gasteiger partial charge in [0.05, 0.1) is 30.1 Å². The largest absolute Gasteiger partial charge is 0.497 e. The van der Waals surface area contributed by atoms with E-state index in [0.29, 0.717) is 65.9 Å². The zero-order valence-corrected chi connectivity index (χ0v) is 36.4. The van der Waals surface area contributed by atoms with Crippen LogP contribution in [0.1, 0.15) is 97.3 Å². The maximum absolute atomic E-state index is 14.8. The summed E-state index contributed by atoms with van der Waals surface area (Å²) in [5.41, 5.74) is 0.262. The summed E-state index contributed by atoms with van der Waals surface area (Å²) in [6.07, 6.45) is 10.1. The van der Waals surface area contributed by atoms with Gasteiger partial charge < -0.3 is 35.1 Å². The number of anilines is 1. The predicted molar refractivity (Wildman–Crippen MR) is 230 cm³/mol. The topological polar surface area (TPSA) is 207 Å². The van der Waals surface area contributed by atoms with Crippen molar-refractivity contribution in [2.45, 2.75) is 138 Å². The highest BCUT2D eigenvalue weighted by molar-refractivity contribution is 7.91. The van der Waals surface area contributed by atoms with Crippen molar-refractivity contribution in [3.05, 3.63) is 41.8 Å². The molecule has 16 nitrogen and oxygen atoms in total. The Morgan fingerprint density at radius 1 is 0.984 bits per heavy atom. The smallest absolute Gasteiger partial charge is 0.408 e. The molecule has 4 heterocycles.